The van der Waals surface area contributed by atoms with Gasteiger partial charge in [-0.05, 0) is 12.1 Å². The standard InChI is InChI=1S/C12H19N3O2/c1-9(2)12(16)15-10-4-5-11(14-8-10)13-6-7-17-3/h4-5,8-9H,6-7H2,1-3H3,(H,13,14)(H,15,16). The van der Waals surface area contributed by atoms with Crippen LogP contribution in [0, 0.1) is 5.92 Å². The van der Waals surface area contributed by atoms with Gasteiger partial charge in [-0.2, -0.15) is 0 Å². The molecule has 0 bridgehead atoms. The summed E-state index contributed by atoms with van der Waals surface area (Å²) in [6, 6.07) is 3.65. The van der Waals surface area contributed by atoms with Crippen molar-refractivity contribution >= 4 is 17.4 Å². The average Bonchev–Trinajstić information content (AvgIpc) is 2.31. The first-order chi connectivity index (χ1) is 8.13. The van der Waals surface area contributed by atoms with Gasteiger partial charge in [0.05, 0.1) is 18.5 Å². The van der Waals surface area contributed by atoms with E-state index in [9.17, 15) is 4.79 Å². The van der Waals surface area contributed by atoms with E-state index in [4.69, 9.17) is 4.74 Å². The minimum atomic E-state index is -0.0329. The Hall–Kier alpha value is -1.62. The molecule has 0 saturated carbocycles. The fourth-order valence-electron chi connectivity index (χ4n) is 1.14. The van der Waals surface area contributed by atoms with Gasteiger partial charge in [-0.25, -0.2) is 4.98 Å². The van der Waals surface area contributed by atoms with Gasteiger partial charge in [0, 0.05) is 19.6 Å². The van der Waals surface area contributed by atoms with Gasteiger partial charge in [0.1, 0.15) is 5.82 Å². The van der Waals surface area contributed by atoms with Gasteiger partial charge in [-0.1, -0.05) is 13.8 Å². The van der Waals surface area contributed by atoms with Crippen LogP contribution in [-0.2, 0) is 9.53 Å². The summed E-state index contributed by atoms with van der Waals surface area (Å²) < 4.78 is 4.92. The largest absolute Gasteiger partial charge is 0.383 e. The van der Waals surface area contributed by atoms with Crippen LogP contribution >= 0.6 is 0 Å². The Labute approximate surface area is 102 Å². The number of methoxy groups -OCH3 is 1. The van der Waals surface area contributed by atoms with Crippen LogP contribution in [0.2, 0.25) is 0 Å². The third-order valence-electron chi connectivity index (χ3n) is 2.17. The van der Waals surface area contributed by atoms with Crippen LogP contribution in [0.15, 0.2) is 18.3 Å². The summed E-state index contributed by atoms with van der Waals surface area (Å²) in [5.74, 6) is 0.728. The summed E-state index contributed by atoms with van der Waals surface area (Å²) in [6.45, 7) is 5.04. The third kappa shape index (κ3) is 4.82. The summed E-state index contributed by atoms with van der Waals surface area (Å²) in [5, 5.41) is 5.88. The molecule has 1 aromatic heterocycles. The van der Waals surface area contributed by atoms with Crippen molar-refractivity contribution in [3.63, 3.8) is 0 Å². The van der Waals surface area contributed by atoms with Gasteiger partial charge in [0.25, 0.3) is 0 Å². The van der Waals surface area contributed by atoms with Crippen LogP contribution < -0.4 is 10.6 Å². The van der Waals surface area contributed by atoms with E-state index in [1.54, 1.807) is 13.3 Å². The number of hydrogen-bond acceptors (Lipinski definition) is 4. The number of anilines is 2. The van der Waals surface area contributed by atoms with Crippen molar-refractivity contribution in [1.29, 1.82) is 0 Å². The van der Waals surface area contributed by atoms with E-state index in [1.165, 1.54) is 0 Å². The number of ether oxygens (including phenoxy) is 1. The normalized spacial score (nSPS) is 10.4. The minimum Gasteiger partial charge on any atom is -0.383 e. The molecule has 2 N–H and O–H groups in total. The first-order valence-electron chi connectivity index (χ1n) is 5.63. The third-order valence-corrected chi connectivity index (χ3v) is 2.17. The molecule has 0 aliphatic carbocycles. The fourth-order valence-corrected chi connectivity index (χ4v) is 1.14. The zero-order valence-corrected chi connectivity index (χ0v) is 10.5. The van der Waals surface area contributed by atoms with E-state index in [0.29, 0.717) is 18.8 Å². The number of amides is 1. The van der Waals surface area contributed by atoms with Crippen molar-refractivity contribution in [2.24, 2.45) is 5.92 Å². The second-order valence-corrected chi connectivity index (χ2v) is 4.00. The van der Waals surface area contributed by atoms with Crippen molar-refractivity contribution in [3.05, 3.63) is 18.3 Å². The molecule has 1 rings (SSSR count). The number of nitrogens with zero attached hydrogens (tertiary/aromatic N) is 1. The maximum absolute atomic E-state index is 11.4. The molecule has 0 aliphatic heterocycles. The molecule has 94 valence electrons. The monoisotopic (exact) mass is 237 g/mol. The van der Waals surface area contributed by atoms with E-state index >= 15 is 0 Å². The topological polar surface area (TPSA) is 63.2 Å². The highest BCUT2D eigenvalue weighted by atomic mass is 16.5. The molecular formula is C12H19N3O2. The van der Waals surface area contributed by atoms with Gasteiger partial charge in [-0.15, -0.1) is 0 Å². The molecule has 5 nitrogen and oxygen atoms in total. The number of nitrogens with one attached hydrogen (secondary N) is 2. The number of hydrogen-bond donors (Lipinski definition) is 2. The van der Waals surface area contributed by atoms with Crippen LogP contribution in [0.4, 0.5) is 11.5 Å². The summed E-state index contributed by atoms with van der Waals surface area (Å²) in [6.07, 6.45) is 1.63. The van der Waals surface area contributed by atoms with Gasteiger partial charge >= 0.3 is 0 Å². The molecule has 5 heteroatoms. The van der Waals surface area contributed by atoms with Gasteiger partial charge in [0.2, 0.25) is 5.91 Å². The molecule has 0 aliphatic rings. The zero-order chi connectivity index (χ0) is 12.7. The maximum Gasteiger partial charge on any atom is 0.226 e. The number of rotatable bonds is 6. The molecule has 0 aromatic carbocycles. The van der Waals surface area contributed by atoms with E-state index in [2.05, 4.69) is 15.6 Å². The van der Waals surface area contributed by atoms with Crippen molar-refractivity contribution in [2.45, 2.75) is 13.8 Å². The second-order valence-electron chi connectivity index (χ2n) is 4.00. The summed E-state index contributed by atoms with van der Waals surface area (Å²) >= 11 is 0. The Balaban J connectivity index is 2.47. The Bertz CT molecular complexity index is 349. The second kappa shape index (κ2) is 6.85. The Morgan fingerprint density at radius 3 is 2.76 bits per heavy atom. The lowest BCUT2D eigenvalue weighted by Crippen LogP contribution is -2.17. The number of carbonyl (C=O) groups is 1. The van der Waals surface area contributed by atoms with Gasteiger partial charge in [-0.3, -0.25) is 4.79 Å². The van der Waals surface area contributed by atoms with Crippen molar-refractivity contribution < 1.29 is 9.53 Å². The first-order valence-corrected chi connectivity index (χ1v) is 5.63. The minimum absolute atomic E-state index is 0.00751. The molecule has 17 heavy (non-hydrogen) atoms. The predicted molar refractivity (Wildman–Crippen MR) is 68.1 cm³/mol. The number of aromatic nitrogens is 1. The highest BCUT2D eigenvalue weighted by molar-refractivity contribution is 5.91. The SMILES string of the molecule is COCCNc1ccc(NC(=O)C(C)C)cn1. The van der Waals surface area contributed by atoms with Crippen LogP contribution in [0.1, 0.15) is 13.8 Å². The van der Waals surface area contributed by atoms with Crippen molar-refractivity contribution in [1.82, 2.24) is 4.98 Å². The quantitative estimate of drug-likeness (QED) is 0.740. The van der Waals surface area contributed by atoms with E-state index in [-0.39, 0.29) is 11.8 Å². The van der Waals surface area contributed by atoms with Crippen molar-refractivity contribution in [2.75, 3.05) is 30.9 Å². The molecule has 0 spiro atoms. The zero-order valence-electron chi connectivity index (χ0n) is 10.5. The van der Waals surface area contributed by atoms with E-state index in [1.807, 2.05) is 26.0 Å². The van der Waals surface area contributed by atoms with Crippen LogP contribution in [0.3, 0.4) is 0 Å². The molecule has 1 heterocycles. The van der Waals surface area contributed by atoms with Crippen LogP contribution in [-0.4, -0.2) is 31.2 Å². The Morgan fingerprint density at radius 2 is 2.24 bits per heavy atom. The highest BCUT2D eigenvalue weighted by Crippen LogP contribution is 2.10. The molecule has 0 radical (unpaired) electrons. The summed E-state index contributed by atoms with van der Waals surface area (Å²) in [4.78, 5) is 15.6. The number of pyridine rings is 1. The Morgan fingerprint density at radius 1 is 1.47 bits per heavy atom. The molecule has 0 atom stereocenters. The van der Waals surface area contributed by atoms with E-state index < -0.39 is 0 Å². The summed E-state index contributed by atoms with van der Waals surface area (Å²) in [5.41, 5.74) is 0.709. The average molecular weight is 237 g/mol. The number of carbonyl (C=O) groups excluding carboxylic acids is 1. The lowest BCUT2D eigenvalue weighted by Gasteiger charge is -2.08. The fraction of sp³-hybridized carbons (Fsp3) is 0.500. The molecule has 0 fully saturated rings. The lowest BCUT2D eigenvalue weighted by atomic mass is 10.2. The molecule has 1 aromatic rings. The van der Waals surface area contributed by atoms with E-state index in [0.717, 1.165) is 5.82 Å². The highest BCUT2D eigenvalue weighted by Gasteiger charge is 2.06. The first kappa shape index (κ1) is 13.4. The molecular weight excluding hydrogens is 218 g/mol. The van der Waals surface area contributed by atoms with Crippen LogP contribution in [0.5, 0.6) is 0 Å². The maximum atomic E-state index is 11.4. The molecule has 0 unspecified atom stereocenters. The predicted octanol–water partition coefficient (Wildman–Crippen LogP) is 1.73. The van der Waals surface area contributed by atoms with Gasteiger partial charge < -0.3 is 15.4 Å². The Kier molecular flexibility index (Phi) is 5.42. The molecule has 0 saturated heterocycles. The van der Waals surface area contributed by atoms with Crippen molar-refractivity contribution in [3.8, 4) is 0 Å². The molecule has 1 amide bonds. The summed E-state index contributed by atoms with van der Waals surface area (Å²) in [7, 11) is 1.65. The smallest absolute Gasteiger partial charge is 0.226 e. The lowest BCUT2D eigenvalue weighted by molar-refractivity contribution is -0.118. The van der Waals surface area contributed by atoms with Crippen LogP contribution in [0.25, 0.3) is 0 Å². The van der Waals surface area contributed by atoms with Gasteiger partial charge in [0.15, 0.2) is 0 Å².